The van der Waals surface area contributed by atoms with Crippen molar-refractivity contribution in [3.8, 4) is 0 Å². The number of nitrogens with zero attached hydrogens (tertiary/aromatic N) is 1. The molecule has 3 unspecified atom stereocenters. The highest BCUT2D eigenvalue weighted by Gasteiger charge is 2.26. The van der Waals surface area contributed by atoms with Crippen LogP contribution in [0.5, 0.6) is 0 Å². The van der Waals surface area contributed by atoms with Crippen LogP contribution in [0.1, 0.15) is 32.6 Å². The Hall–Kier alpha value is -0.610. The molecule has 3 atom stereocenters. The van der Waals surface area contributed by atoms with Gasteiger partial charge in [-0.3, -0.25) is 4.79 Å². The third-order valence-corrected chi connectivity index (χ3v) is 3.94. The van der Waals surface area contributed by atoms with Crippen LogP contribution in [0, 0.1) is 11.8 Å². The van der Waals surface area contributed by atoms with Gasteiger partial charge in [-0.2, -0.15) is 0 Å². The number of carbonyl (C=O) groups excluding carboxylic acids is 1. The zero-order valence-electron chi connectivity index (χ0n) is 11.4. The molecule has 1 aliphatic carbocycles. The van der Waals surface area contributed by atoms with Gasteiger partial charge in [0.2, 0.25) is 5.91 Å². The van der Waals surface area contributed by atoms with Gasteiger partial charge >= 0.3 is 0 Å². The Morgan fingerprint density at radius 3 is 2.76 bits per heavy atom. The molecule has 0 saturated heterocycles. The summed E-state index contributed by atoms with van der Waals surface area (Å²) < 4.78 is 0. The molecule has 4 nitrogen and oxygen atoms in total. The van der Waals surface area contributed by atoms with Crippen LogP contribution in [0.15, 0.2) is 0 Å². The Morgan fingerprint density at radius 2 is 2.18 bits per heavy atom. The Balaban J connectivity index is 2.32. The molecule has 0 aromatic rings. The monoisotopic (exact) mass is 241 g/mol. The number of hydrogen-bond acceptors (Lipinski definition) is 3. The average molecular weight is 241 g/mol. The summed E-state index contributed by atoms with van der Waals surface area (Å²) in [7, 11) is 4.06. The summed E-state index contributed by atoms with van der Waals surface area (Å²) >= 11 is 0. The Bertz CT molecular complexity index is 243. The lowest BCUT2D eigenvalue weighted by Gasteiger charge is -2.28. The standard InChI is InChI=1S/C13H27N3O/c1-10(16(2)3)9-15-13(17)12-6-4-5-11(7-12)8-14/h10-12H,4-9,14H2,1-3H3,(H,15,17). The van der Waals surface area contributed by atoms with E-state index in [0.29, 0.717) is 12.0 Å². The SMILES string of the molecule is CC(CNC(=O)C1CCCC(CN)C1)N(C)C. The fourth-order valence-electron chi connectivity index (χ4n) is 2.32. The summed E-state index contributed by atoms with van der Waals surface area (Å²) in [5, 5.41) is 3.06. The van der Waals surface area contributed by atoms with E-state index in [-0.39, 0.29) is 11.8 Å². The lowest BCUT2D eigenvalue weighted by molar-refractivity contribution is -0.126. The van der Waals surface area contributed by atoms with Gasteiger partial charge in [0.05, 0.1) is 0 Å². The third kappa shape index (κ3) is 4.64. The minimum Gasteiger partial charge on any atom is -0.354 e. The van der Waals surface area contributed by atoms with E-state index in [1.807, 2.05) is 14.1 Å². The Kier molecular flexibility index (Phi) is 5.92. The number of hydrogen-bond donors (Lipinski definition) is 2. The quantitative estimate of drug-likeness (QED) is 0.749. The fourth-order valence-corrected chi connectivity index (χ4v) is 2.32. The predicted molar refractivity (Wildman–Crippen MR) is 70.7 cm³/mol. The zero-order chi connectivity index (χ0) is 12.8. The molecular formula is C13H27N3O. The van der Waals surface area contributed by atoms with Gasteiger partial charge in [-0.05, 0) is 52.7 Å². The smallest absolute Gasteiger partial charge is 0.223 e. The topological polar surface area (TPSA) is 58.4 Å². The number of nitrogens with one attached hydrogen (secondary N) is 1. The van der Waals surface area contributed by atoms with Gasteiger partial charge in [0.1, 0.15) is 0 Å². The summed E-state index contributed by atoms with van der Waals surface area (Å²) in [6.45, 7) is 3.57. The molecular weight excluding hydrogens is 214 g/mol. The van der Waals surface area contributed by atoms with Crippen LogP contribution in [0.4, 0.5) is 0 Å². The highest BCUT2D eigenvalue weighted by atomic mass is 16.1. The van der Waals surface area contributed by atoms with E-state index in [4.69, 9.17) is 5.73 Å². The van der Waals surface area contributed by atoms with E-state index in [0.717, 1.165) is 32.4 Å². The second-order valence-electron chi connectivity index (χ2n) is 5.52. The minimum absolute atomic E-state index is 0.187. The molecule has 1 amide bonds. The number of likely N-dealkylation sites (N-methyl/N-ethyl adjacent to an activating group) is 1. The van der Waals surface area contributed by atoms with Crippen molar-refractivity contribution >= 4 is 5.91 Å². The van der Waals surface area contributed by atoms with Crippen LogP contribution in [0.25, 0.3) is 0 Å². The summed E-state index contributed by atoms with van der Waals surface area (Å²) in [6.07, 6.45) is 4.33. The van der Waals surface area contributed by atoms with Crippen LogP contribution < -0.4 is 11.1 Å². The van der Waals surface area contributed by atoms with Gasteiger partial charge in [-0.25, -0.2) is 0 Å². The van der Waals surface area contributed by atoms with Crippen molar-refractivity contribution in [2.75, 3.05) is 27.2 Å². The maximum Gasteiger partial charge on any atom is 0.223 e. The van der Waals surface area contributed by atoms with E-state index >= 15 is 0 Å². The van der Waals surface area contributed by atoms with Crippen molar-refractivity contribution in [1.82, 2.24) is 10.2 Å². The number of rotatable bonds is 5. The predicted octanol–water partition coefficient (Wildman–Crippen LogP) is 0.818. The molecule has 0 radical (unpaired) electrons. The van der Waals surface area contributed by atoms with E-state index < -0.39 is 0 Å². The van der Waals surface area contributed by atoms with Crippen molar-refractivity contribution in [2.45, 2.75) is 38.6 Å². The molecule has 1 rings (SSSR count). The van der Waals surface area contributed by atoms with Crippen molar-refractivity contribution in [3.63, 3.8) is 0 Å². The van der Waals surface area contributed by atoms with Crippen LogP contribution in [-0.2, 0) is 4.79 Å². The first kappa shape index (κ1) is 14.5. The molecule has 0 aliphatic heterocycles. The second-order valence-corrected chi connectivity index (χ2v) is 5.52. The maximum atomic E-state index is 12.0. The first-order valence-electron chi connectivity index (χ1n) is 6.68. The summed E-state index contributed by atoms with van der Waals surface area (Å²) in [5.41, 5.74) is 5.69. The van der Waals surface area contributed by atoms with Crippen LogP contribution in [0.3, 0.4) is 0 Å². The number of amides is 1. The molecule has 0 aromatic heterocycles. The maximum absolute atomic E-state index is 12.0. The van der Waals surface area contributed by atoms with Crippen molar-refractivity contribution in [1.29, 1.82) is 0 Å². The molecule has 4 heteroatoms. The van der Waals surface area contributed by atoms with E-state index in [2.05, 4.69) is 17.1 Å². The van der Waals surface area contributed by atoms with Gasteiger partial charge in [0.15, 0.2) is 0 Å². The van der Waals surface area contributed by atoms with Crippen molar-refractivity contribution in [3.05, 3.63) is 0 Å². The van der Waals surface area contributed by atoms with E-state index in [1.54, 1.807) is 0 Å². The van der Waals surface area contributed by atoms with Crippen LogP contribution in [0.2, 0.25) is 0 Å². The lowest BCUT2D eigenvalue weighted by atomic mass is 9.81. The van der Waals surface area contributed by atoms with E-state index in [9.17, 15) is 4.79 Å². The zero-order valence-corrected chi connectivity index (χ0v) is 11.4. The molecule has 0 aromatic carbocycles. The Morgan fingerprint density at radius 1 is 1.47 bits per heavy atom. The van der Waals surface area contributed by atoms with Gasteiger partial charge in [0.25, 0.3) is 0 Å². The molecule has 3 N–H and O–H groups in total. The molecule has 0 bridgehead atoms. The Labute approximate surface area is 105 Å². The van der Waals surface area contributed by atoms with Crippen LogP contribution in [-0.4, -0.2) is 44.0 Å². The highest BCUT2D eigenvalue weighted by Crippen LogP contribution is 2.28. The molecule has 1 aliphatic rings. The second kappa shape index (κ2) is 6.97. The molecule has 0 heterocycles. The summed E-state index contributed by atoms with van der Waals surface area (Å²) in [5.74, 6) is 0.953. The average Bonchev–Trinajstić information content (AvgIpc) is 2.35. The normalized spacial score (nSPS) is 26.9. The molecule has 17 heavy (non-hydrogen) atoms. The van der Waals surface area contributed by atoms with Crippen molar-refractivity contribution < 1.29 is 4.79 Å². The van der Waals surface area contributed by atoms with Gasteiger partial charge in [-0.15, -0.1) is 0 Å². The molecule has 100 valence electrons. The van der Waals surface area contributed by atoms with Gasteiger partial charge in [-0.1, -0.05) is 6.42 Å². The van der Waals surface area contributed by atoms with Gasteiger partial charge < -0.3 is 16.0 Å². The molecule has 1 fully saturated rings. The highest BCUT2D eigenvalue weighted by molar-refractivity contribution is 5.78. The first-order chi connectivity index (χ1) is 8.04. The number of carbonyl (C=O) groups is 1. The van der Waals surface area contributed by atoms with E-state index in [1.165, 1.54) is 6.42 Å². The summed E-state index contributed by atoms with van der Waals surface area (Å²) in [6, 6.07) is 0.382. The summed E-state index contributed by atoms with van der Waals surface area (Å²) in [4.78, 5) is 14.1. The minimum atomic E-state index is 0.187. The fraction of sp³-hybridized carbons (Fsp3) is 0.923. The largest absolute Gasteiger partial charge is 0.354 e. The first-order valence-corrected chi connectivity index (χ1v) is 6.68. The van der Waals surface area contributed by atoms with Crippen LogP contribution >= 0.6 is 0 Å². The molecule has 0 spiro atoms. The van der Waals surface area contributed by atoms with Gasteiger partial charge in [0, 0.05) is 18.5 Å². The lowest BCUT2D eigenvalue weighted by Crippen LogP contribution is -2.42. The number of nitrogens with two attached hydrogens (primary N) is 1. The molecule has 1 saturated carbocycles. The third-order valence-electron chi connectivity index (χ3n) is 3.94. The van der Waals surface area contributed by atoms with Crippen molar-refractivity contribution in [2.24, 2.45) is 17.6 Å².